The fourth-order valence-corrected chi connectivity index (χ4v) is 2.58. The van der Waals surface area contributed by atoms with E-state index in [-0.39, 0.29) is 12.1 Å². The van der Waals surface area contributed by atoms with Crippen LogP contribution < -0.4 is 5.32 Å². The standard InChI is InChI=1S/C12H22N2O2/c1-2-3-10-4-6-14(8-10)12(15)13-11-5-7-16-9-11/h10-11H,2-9H2,1H3,(H,13,15). The number of likely N-dealkylation sites (tertiary alicyclic amines) is 1. The molecule has 2 rings (SSSR count). The van der Waals surface area contributed by atoms with Crippen LogP contribution in [0.1, 0.15) is 32.6 Å². The van der Waals surface area contributed by atoms with Gasteiger partial charge in [-0.25, -0.2) is 4.79 Å². The Morgan fingerprint density at radius 1 is 1.50 bits per heavy atom. The average molecular weight is 226 g/mol. The molecule has 0 saturated carbocycles. The number of nitrogens with zero attached hydrogens (tertiary/aromatic N) is 1. The first-order valence-corrected chi connectivity index (χ1v) is 6.42. The molecule has 0 bridgehead atoms. The summed E-state index contributed by atoms with van der Waals surface area (Å²) in [5.41, 5.74) is 0. The van der Waals surface area contributed by atoms with Gasteiger partial charge in [-0.1, -0.05) is 13.3 Å². The van der Waals surface area contributed by atoms with E-state index in [9.17, 15) is 4.79 Å². The highest BCUT2D eigenvalue weighted by Gasteiger charge is 2.27. The molecule has 92 valence electrons. The van der Waals surface area contributed by atoms with E-state index in [2.05, 4.69) is 12.2 Å². The van der Waals surface area contributed by atoms with E-state index in [0.717, 1.165) is 32.0 Å². The molecule has 2 heterocycles. The molecule has 4 nitrogen and oxygen atoms in total. The van der Waals surface area contributed by atoms with Crippen LogP contribution in [0.4, 0.5) is 4.79 Å². The average Bonchev–Trinajstić information content (AvgIpc) is 2.89. The molecule has 2 aliphatic rings. The van der Waals surface area contributed by atoms with Crippen LogP contribution in [0.3, 0.4) is 0 Å². The lowest BCUT2D eigenvalue weighted by Crippen LogP contribution is -2.44. The SMILES string of the molecule is CCCC1CCN(C(=O)NC2CCOC2)C1. The maximum absolute atomic E-state index is 11.9. The first kappa shape index (κ1) is 11.7. The maximum Gasteiger partial charge on any atom is 0.317 e. The van der Waals surface area contributed by atoms with E-state index in [0.29, 0.717) is 6.61 Å². The van der Waals surface area contributed by atoms with E-state index in [1.807, 2.05) is 4.90 Å². The predicted octanol–water partition coefficient (Wildman–Crippen LogP) is 1.61. The van der Waals surface area contributed by atoms with Crippen molar-refractivity contribution in [1.29, 1.82) is 0 Å². The third-order valence-electron chi connectivity index (χ3n) is 3.53. The molecule has 0 radical (unpaired) electrons. The molecule has 4 heteroatoms. The number of carbonyl (C=O) groups is 1. The van der Waals surface area contributed by atoms with Gasteiger partial charge in [-0.2, -0.15) is 0 Å². The van der Waals surface area contributed by atoms with Crippen molar-refractivity contribution in [2.45, 2.75) is 38.6 Å². The first-order chi connectivity index (χ1) is 7.79. The van der Waals surface area contributed by atoms with E-state index in [4.69, 9.17) is 4.74 Å². The Labute approximate surface area is 97.3 Å². The molecule has 2 fully saturated rings. The fraction of sp³-hybridized carbons (Fsp3) is 0.917. The number of hydrogen-bond donors (Lipinski definition) is 1. The number of amides is 2. The third kappa shape index (κ3) is 2.88. The summed E-state index contributed by atoms with van der Waals surface area (Å²) in [5.74, 6) is 0.718. The summed E-state index contributed by atoms with van der Waals surface area (Å²) in [6.45, 7) is 5.53. The van der Waals surface area contributed by atoms with Gasteiger partial charge in [0.2, 0.25) is 0 Å². The summed E-state index contributed by atoms with van der Waals surface area (Å²) in [6, 6.07) is 0.340. The van der Waals surface area contributed by atoms with E-state index < -0.39 is 0 Å². The lowest BCUT2D eigenvalue weighted by molar-refractivity contribution is 0.181. The van der Waals surface area contributed by atoms with Crippen molar-refractivity contribution >= 4 is 6.03 Å². The summed E-state index contributed by atoms with van der Waals surface area (Å²) in [6.07, 6.45) is 4.59. The predicted molar refractivity (Wildman–Crippen MR) is 62.3 cm³/mol. The van der Waals surface area contributed by atoms with Gasteiger partial charge in [-0.3, -0.25) is 0 Å². The number of hydrogen-bond acceptors (Lipinski definition) is 2. The second-order valence-corrected chi connectivity index (χ2v) is 4.90. The van der Waals surface area contributed by atoms with Gasteiger partial charge in [0, 0.05) is 19.7 Å². The van der Waals surface area contributed by atoms with Crippen LogP contribution in [0.25, 0.3) is 0 Å². The number of carbonyl (C=O) groups excluding carboxylic acids is 1. The summed E-state index contributed by atoms with van der Waals surface area (Å²) in [4.78, 5) is 13.9. The van der Waals surface area contributed by atoms with Crippen LogP contribution >= 0.6 is 0 Å². The van der Waals surface area contributed by atoms with Crippen LogP contribution in [-0.4, -0.2) is 43.3 Å². The minimum atomic E-state index is 0.106. The van der Waals surface area contributed by atoms with Gasteiger partial charge in [0.15, 0.2) is 0 Å². The quantitative estimate of drug-likeness (QED) is 0.794. The Morgan fingerprint density at radius 3 is 3.06 bits per heavy atom. The molecule has 0 spiro atoms. The fourth-order valence-electron chi connectivity index (χ4n) is 2.58. The Hall–Kier alpha value is -0.770. The topological polar surface area (TPSA) is 41.6 Å². The van der Waals surface area contributed by atoms with Crippen molar-refractivity contribution in [3.8, 4) is 0 Å². The zero-order valence-electron chi connectivity index (χ0n) is 10.1. The molecule has 2 atom stereocenters. The number of urea groups is 1. The van der Waals surface area contributed by atoms with E-state index in [1.165, 1.54) is 19.3 Å². The summed E-state index contributed by atoms with van der Waals surface area (Å²) in [5, 5.41) is 3.05. The minimum Gasteiger partial charge on any atom is -0.379 e. The molecular weight excluding hydrogens is 204 g/mol. The molecule has 0 aromatic heterocycles. The van der Waals surface area contributed by atoms with Gasteiger partial charge in [0.1, 0.15) is 0 Å². The van der Waals surface area contributed by atoms with Crippen molar-refractivity contribution in [2.75, 3.05) is 26.3 Å². The van der Waals surface area contributed by atoms with Crippen molar-refractivity contribution in [1.82, 2.24) is 10.2 Å². The Balaban J connectivity index is 1.73. The molecule has 16 heavy (non-hydrogen) atoms. The normalized spacial score (nSPS) is 29.7. The van der Waals surface area contributed by atoms with Crippen LogP contribution in [0.2, 0.25) is 0 Å². The largest absolute Gasteiger partial charge is 0.379 e. The van der Waals surface area contributed by atoms with Gasteiger partial charge >= 0.3 is 6.03 Å². The molecule has 2 unspecified atom stereocenters. The molecule has 0 aromatic rings. The van der Waals surface area contributed by atoms with Crippen molar-refractivity contribution in [3.05, 3.63) is 0 Å². The number of ether oxygens (including phenoxy) is 1. The third-order valence-corrected chi connectivity index (χ3v) is 3.53. The first-order valence-electron chi connectivity index (χ1n) is 6.42. The highest BCUT2D eigenvalue weighted by molar-refractivity contribution is 5.74. The highest BCUT2D eigenvalue weighted by atomic mass is 16.5. The molecule has 0 aromatic carbocycles. The number of nitrogens with one attached hydrogen (secondary N) is 1. The zero-order chi connectivity index (χ0) is 11.4. The molecule has 2 aliphatic heterocycles. The van der Waals surface area contributed by atoms with E-state index >= 15 is 0 Å². The molecule has 1 N–H and O–H groups in total. The molecule has 2 amide bonds. The summed E-state index contributed by atoms with van der Waals surface area (Å²) < 4.78 is 5.25. The van der Waals surface area contributed by atoms with Crippen molar-refractivity contribution in [2.24, 2.45) is 5.92 Å². The van der Waals surface area contributed by atoms with Gasteiger partial charge < -0.3 is 15.0 Å². The van der Waals surface area contributed by atoms with Crippen LogP contribution in [-0.2, 0) is 4.74 Å². The second kappa shape index (κ2) is 5.53. The van der Waals surface area contributed by atoms with Crippen molar-refractivity contribution < 1.29 is 9.53 Å². The molecule has 2 saturated heterocycles. The van der Waals surface area contributed by atoms with Gasteiger partial charge in [0.05, 0.1) is 12.6 Å². The maximum atomic E-state index is 11.9. The van der Waals surface area contributed by atoms with Crippen LogP contribution in [0, 0.1) is 5.92 Å². The molecular formula is C12H22N2O2. The van der Waals surface area contributed by atoms with Crippen LogP contribution in [0.5, 0.6) is 0 Å². The second-order valence-electron chi connectivity index (χ2n) is 4.90. The van der Waals surface area contributed by atoms with Gasteiger partial charge in [-0.05, 0) is 25.2 Å². The monoisotopic (exact) mass is 226 g/mol. The van der Waals surface area contributed by atoms with Gasteiger partial charge in [-0.15, -0.1) is 0 Å². The Kier molecular flexibility index (Phi) is 4.04. The number of rotatable bonds is 3. The Bertz CT molecular complexity index is 239. The lowest BCUT2D eigenvalue weighted by Gasteiger charge is -2.19. The van der Waals surface area contributed by atoms with Gasteiger partial charge in [0.25, 0.3) is 0 Å². The summed E-state index contributed by atoms with van der Waals surface area (Å²) >= 11 is 0. The Morgan fingerprint density at radius 2 is 2.38 bits per heavy atom. The van der Waals surface area contributed by atoms with E-state index in [1.54, 1.807) is 0 Å². The molecule has 0 aliphatic carbocycles. The van der Waals surface area contributed by atoms with Crippen molar-refractivity contribution in [3.63, 3.8) is 0 Å². The summed E-state index contributed by atoms with van der Waals surface area (Å²) in [7, 11) is 0. The highest BCUT2D eigenvalue weighted by Crippen LogP contribution is 2.20. The van der Waals surface area contributed by atoms with Crippen LogP contribution in [0.15, 0.2) is 0 Å². The minimum absolute atomic E-state index is 0.106. The smallest absolute Gasteiger partial charge is 0.317 e. The zero-order valence-corrected chi connectivity index (χ0v) is 10.1. The lowest BCUT2D eigenvalue weighted by atomic mass is 10.0.